The van der Waals surface area contributed by atoms with Gasteiger partial charge in [-0.3, -0.25) is 14.9 Å². The summed E-state index contributed by atoms with van der Waals surface area (Å²) in [6.07, 6.45) is -1.52. The van der Waals surface area contributed by atoms with Gasteiger partial charge in [0.2, 0.25) is 5.75 Å². The van der Waals surface area contributed by atoms with E-state index in [1.165, 1.54) is 24.3 Å². The van der Waals surface area contributed by atoms with Crippen molar-refractivity contribution in [2.75, 3.05) is 11.5 Å². The fourth-order valence-corrected chi connectivity index (χ4v) is 5.13. The van der Waals surface area contributed by atoms with E-state index in [0.29, 0.717) is 10.5 Å². The SMILES string of the molecule is CC(C)=C1OC(=O)N(c2cc(OC3CCCC3)c(Cl)cc2F)C1=O.CCOc1cc(Oc2ccc(C(F)(F)F)cc2Cl)ccc1[N+](=O)[O-]. The Hall–Kier alpha value is -4.56. The summed E-state index contributed by atoms with van der Waals surface area (Å²) in [7, 11) is 0. The van der Waals surface area contributed by atoms with E-state index in [1.54, 1.807) is 20.8 Å². The summed E-state index contributed by atoms with van der Waals surface area (Å²) in [5, 5.41) is 10.8. The molecule has 10 nitrogen and oxygen atoms in total. The van der Waals surface area contributed by atoms with Crippen molar-refractivity contribution in [2.45, 2.75) is 58.7 Å². The third kappa shape index (κ3) is 8.47. The standard InChI is InChI=1S/C17H17ClFNO4.C15H11ClF3NO4/c1-9(2)15-16(21)20(17(22)24-15)13-8-14(11(18)7-12(13)19)23-10-5-3-4-6-10;1-2-23-14-8-10(4-5-12(14)20(21)22)24-13-6-3-9(7-11(13)16)15(17,18)19/h7-8,10H,3-6H2,1-2H3;3-8H,2H2,1H3. The van der Waals surface area contributed by atoms with Crippen molar-refractivity contribution in [3.63, 3.8) is 0 Å². The van der Waals surface area contributed by atoms with E-state index in [1.807, 2.05) is 0 Å². The molecule has 0 aromatic heterocycles. The first-order valence-electron chi connectivity index (χ1n) is 14.5. The summed E-state index contributed by atoms with van der Waals surface area (Å²) in [5.74, 6) is -1.21. The summed E-state index contributed by atoms with van der Waals surface area (Å²) >= 11 is 11.8. The Morgan fingerprint density at radius 1 is 1.00 bits per heavy atom. The fourth-order valence-electron chi connectivity index (χ4n) is 4.72. The van der Waals surface area contributed by atoms with Crippen LogP contribution in [0.25, 0.3) is 0 Å². The van der Waals surface area contributed by atoms with Gasteiger partial charge in [0.1, 0.15) is 23.1 Å². The number of hydrogen-bond acceptors (Lipinski definition) is 8. The Balaban J connectivity index is 0.000000217. The molecule has 256 valence electrons. The number of rotatable bonds is 8. The van der Waals surface area contributed by atoms with Crippen LogP contribution in [0.15, 0.2) is 59.9 Å². The van der Waals surface area contributed by atoms with Crippen molar-refractivity contribution >= 4 is 46.6 Å². The molecule has 1 aliphatic heterocycles. The van der Waals surface area contributed by atoms with Gasteiger partial charge >= 0.3 is 23.9 Å². The monoisotopic (exact) mass is 714 g/mol. The van der Waals surface area contributed by atoms with E-state index in [-0.39, 0.29) is 62.9 Å². The molecular formula is C32H28Cl2F4N2O8. The molecule has 1 saturated carbocycles. The van der Waals surface area contributed by atoms with E-state index in [4.69, 9.17) is 42.1 Å². The van der Waals surface area contributed by atoms with Crippen LogP contribution in [0.3, 0.4) is 0 Å². The summed E-state index contributed by atoms with van der Waals surface area (Å²) < 4.78 is 73.4. The lowest BCUT2D eigenvalue weighted by Crippen LogP contribution is -2.29. The number of alkyl halides is 3. The van der Waals surface area contributed by atoms with Gasteiger partial charge < -0.3 is 18.9 Å². The second-order valence-corrected chi connectivity index (χ2v) is 11.5. The zero-order chi connectivity index (χ0) is 35.3. The van der Waals surface area contributed by atoms with Crippen molar-refractivity contribution in [3.8, 4) is 23.0 Å². The van der Waals surface area contributed by atoms with Gasteiger partial charge in [0.25, 0.3) is 0 Å². The molecular weight excluding hydrogens is 687 g/mol. The third-order valence-corrected chi connectivity index (χ3v) is 7.57. The summed E-state index contributed by atoms with van der Waals surface area (Å²) in [6.45, 7) is 5.13. The second kappa shape index (κ2) is 15.1. The molecule has 0 N–H and O–H groups in total. The number of allylic oxidation sites excluding steroid dienone is 1. The molecule has 0 spiro atoms. The van der Waals surface area contributed by atoms with Crippen molar-refractivity contribution in [1.82, 2.24) is 0 Å². The topological polar surface area (TPSA) is 117 Å². The lowest BCUT2D eigenvalue weighted by molar-refractivity contribution is -0.385. The molecule has 48 heavy (non-hydrogen) atoms. The van der Waals surface area contributed by atoms with Crippen LogP contribution in [0.2, 0.25) is 10.0 Å². The van der Waals surface area contributed by atoms with Crippen LogP contribution in [0, 0.1) is 15.9 Å². The zero-order valence-corrected chi connectivity index (χ0v) is 27.2. The normalized spacial score (nSPS) is 14.8. The predicted molar refractivity (Wildman–Crippen MR) is 167 cm³/mol. The van der Waals surface area contributed by atoms with Crippen molar-refractivity contribution in [1.29, 1.82) is 0 Å². The lowest BCUT2D eigenvalue weighted by Gasteiger charge is -2.18. The van der Waals surface area contributed by atoms with E-state index >= 15 is 0 Å². The van der Waals surface area contributed by atoms with Crippen LogP contribution in [0.4, 0.5) is 33.7 Å². The molecule has 5 rings (SSSR count). The highest BCUT2D eigenvalue weighted by Gasteiger charge is 2.40. The summed E-state index contributed by atoms with van der Waals surface area (Å²) in [5.41, 5.74) is -0.840. The quantitative estimate of drug-likeness (QED) is 0.0979. The number of halogens is 6. The number of carbonyl (C=O) groups excluding carboxylic acids is 2. The van der Waals surface area contributed by atoms with Crippen LogP contribution in [-0.2, 0) is 15.7 Å². The number of amides is 2. The first-order chi connectivity index (χ1) is 22.6. The molecule has 1 heterocycles. The number of hydrogen-bond donors (Lipinski definition) is 0. The third-order valence-electron chi connectivity index (χ3n) is 6.98. The molecule has 3 aromatic carbocycles. The largest absolute Gasteiger partial charge is 0.489 e. The van der Waals surface area contributed by atoms with E-state index in [9.17, 15) is 37.3 Å². The molecule has 16 heteroatoms. The Labute approximate surface area is 281 Å². The average molecular weight is 715 g/mol. The van der Waals surface area contributed by atoms with Crippen molar-refractivity contribution < 1.29 is 51.0 Å². The Bertz CT molecular complexity index is 1760. The highest BCUT2D eigenvalue weighted by atomic mass is 35.5. The van der Waals surface area contributed by atoms with Crippen LogP contribution >= 0.6 is 23.2 Å². The minimum Gasteiger partial charge on any atom is -0.489 e. The van der Waals surface area contributed by atoms with Crippen molar-refractivity contribution in [3.05, 3.63) is 91.4 Å². The molecule has 2 fully saturated rings. The highest BCUT2D eigenvalue weighted by molar-refractivity contribution is 6.32. The first kappa shape index (κ1) is 36.3. The van der Waals surface area contributed by atoms with Crippen LogP contribution in [0.5, 0.6) is 23.0 Å². The van der Waals surface area contributed by atoms with Gasteiger partial charge in [0.05, 0.1) is 38.9 Å². The number of anilines is 1. The van der Waals surface area contributed by atoms with Crippen LogP contribution < -0.4 is 19.1 Å². The summed E-state index contributed by atoms with van der Waals surface area (Å²) in [4.78, 5) is 35.3. The number of carbonyl (C=O) groups is 2. The van der Waals surface area contributed by atoms with Gasteiger partial charge in [-0.05, 0) is 82.4 Å². The maximum absolute atomic E-state index is 14.3. The highest BCUT2D eigenvalue weighted by Crippen LogP contribution is 2.40. The Morgan fingerprint density at radius 2 is 1.67 bits per heavy atom. The summed E-state index contributed by atoms with van der Waals surface area (Å²) in [6, 6.07) is 8.72. The Morgan fingerprint density at radius 3 is 2.23 bits per heavy atom. The average Bonchev–Trinajstić information content (AvgIpc) is 3.62. The minimum absolute atomic E-state index is 0.00962. The van der Waals surface area contributed by atoms with Gasteiger partial charge in [0, 0.05) is 18.2 Å². The molecule has 0 atom stereocenters. The number of nitrogens with zero attached hydrogens (tertiary/aromatic N) is 2. The smallest absolute Gasteiger partial charge is 0.427 e. The maximum Gasteiger partial charge on any atom is 0.427 e. The van der Waals surface area contributed by atoms with E-state index in [2.05, 4.69) is 0 Å². The number of cyclic esters (lactones) is 1. The van der Waals surface area contributed by atoms with Gasteiger partial charge in [-0.1, -0.05) is 23.2 Å². The molecule has 2 amide bonds. The molecule has 3 aromatic rings. The van der Waals surface area contributed by atoms with Crippen LogP contribution in [0.1, 0.15) is 52.0 Å². The van der Waals surface area contributed by atoms with Gasteiger partial charge in [-0.25, -0.2) is 14.1 Å². The minimum atomic E-state index is -4.52. The number of nitro groups is 1. The van der Waals surface area contributed by atoms with E-state index < -0.39 is 34.5 Å². The second-order valence-electron chi connectivity index (χ2n) is 10.7. The van der Waals surface area contributed by atoms with Gasteiger partial charge in [-0.15, -0.1) is 0 Å². The number of imide groups is 1. The fraction of sp³-hybridized carbons (Fsp3) is 0.312. The molecule has 1 aliphatic carbocycles. The molecule has 0 radical (unpaired) electrons. The zero-order valence-electron chi connectivity index (χ0n) is 25.7. The number of nitro benzene ring substituents is 1. The van der Waals surface area contributed by atoms with Crippen LogP contribution in [-0.4, -0.2) is 29.6 Å². The van der Waals surface area contributed by atoms with Crippen molar-refractivity contribution in [2.24, 2.45) is 0 Å². The maximum atomic E-state index is 14.3. The number of benzene rings is 3. The Kier molecular flexibility index (Phi) is 11.4. The van der Waals surface area contributed by atoms with E-state index in [0.717, 1.165) is 49.9 Å². The molecule has 2 aliphatic rings. The molecule has 0 unspecified atom stereocenters. The first-order valence-corrected chi connectivity index (χ1v) is 15.2. The predicted octanol–water partition coefficient (Wildman–Crippen LogP) is 10.0. The van der Waals surface area contributed by atoms with Gasteiger partial charge in [-0.2, -0.15) is 13.2 Å². The molecule has 0 bridgehead atoms. The van der Waals surface area contributed by atoms with Gasteiger partial charge in [0.15, 0.2) is 5.76 Å². The number of ether oxygens (including phenoxy) is 4. The lowest BCUT2D eigenvalue weighted by atomic mass is 10.2. The molecule has 1 saturated heterocycles.